The zero-order valence-corrected chi connectivity index (χ0v) is 13.9. The van der Waals surface area contributed by atoms with Crippen molar-refractivity contribution in [1.29, 1.82) is 5.26 Å². The van der Waals surface area contributed by atoms with E-state index >= 15 is 0 Å². The number of benzene rings is 1. The Morgan fingerprint density at radius 1 is 1.40 bits per heavy atom. The van der Waals surface area contributed by atoms with Gasteiger partial charge in [0.15, 0.2) is 0 Å². The highest BCUT2D eigenvalue weighted by Gasteiger charge is 2.34. The Kier molecular flexibility index (Phi) is 5.90. The molecule has 0 radical (unpaired) electrons. The molecule has 0 aromatic heterocycles. The van der Waals surface area contributed by atoms with Crippen LogP contribution in [0.5, 0.6) is 0 Å². The van der Waals surface area contributed by atoms with Crippen LogP contribution in [0, 0.1) is 11.3 Å². The quantitative estimate of drug-likeness (QED) is 0.880. The predicted octanol–water partition coefficient (Wildman–Crippen LogP) is 2.95. The molecule has 1 aliphatic heterocycles. The van der Waals surface area contributed by atoms with Crippen molar-refractivity contribution in [2.75, 3.05) is 31.1 Å². The summed E-state index contributed by atoms with van der Waals surface area (Å²) in [6.45, 7) is 3.74. The molecule has 0 bridgehead atoms. The van der Waals surface area contributed by atoms with Gasteiger partial charge in [-0.05, 0) is 37.6 Å². The molecule has 0 spiro atoms. The first-order valence-corrected chi connectivity index (χ1v) is 8.08. The minimum atomic E-state index is -4.55. The van der Waals surface area contributed by atoms with Gasteiger partial charge in [0.05, 0.1) is 23.7 Å². The molecule has 1 aliphatic rings. The number of halogens is 3. The summed E-state index contributed by atoms with van der Waals surface area (Å²) in [5.74, 6) is -0.870. The second-order valence-corrected chi connectivity index (χ2v) is 6.01. The van der Waals surface area contributed by atoms with Gasteiger partial charge in [0.2, 0.25) is 0 Å². The number of carboxylic acid groups (broad SMARTS) is 1. The molecule has 1 aromatic rings. The molecule has 136 valence electrons. The van der Waals surface area contributed by atoms with Crippen molar-refractivity contribution in [3.8, 4) is 6.07 Å². The predicted molar refractivity (Wildman–Crippen MR) is 86.3 cm³/mol. The van der Waals surface area contributed by atoms with E-state index in [1.807, 2.05) is 16.7 Å². The van der Waals surface area contributed by atoms with Gasteiger partial charge in [0.1, 0.15) is 0 Å². The van der Waals surface area contributed by atoms with E-state index in [9.17, 15) is 18.0 Å². The van der Waals surface area contributed by atoms with Crippen molar-refractivity contribution in [2.45, 2.75) is 32.0 Å². The number of carbonyl (C=O) groups is 1. The maximum atomic E-state index is 12.9. The maximum Gasteiger partial charge on any atom is 0.417 e. The number of carboxylic acids is 1. The molecule has 1 aromatic carbocycles. The van der Waals surface area contributed by atoms with Crippen LogP contribution in [0.4, 0.5) is 18.9 Å². The summed E-state index contributed by atoms with van der Waals surface area (Å²) in [6, 6.07) is 5.37. The summed E-state index contributed by atoms with van der Waals surface area (Å²) in [7, 11) is 0. The first-order chi connectivity index (χ1) is 11.8. The minimum absolute atomic E-state index is 0.0139. The van der Waals surface area contributed by atoms with Crippen molar-refractivity contribution in [1.82, 2.24) is 4.90 Å². The van der Waals surface area contributed by atoms with E-state index in [4.69, 9.17) is 10.4 Å². The average molecular weight is 355 g/mol. The molecular weight excluding hydrogens is 335 g/mol. The highest BCUT2D eigenvalue weighted by Crippen LogP contribution is 2.34. The number of alkyl halides is 3. The number of hydrogen-bond acceptors (Lipinski definition) is 4. The van der Waals surface area contributed by atoms with Gasteiger partial charge in [-0.25, -0.2) is 0 Å². The van der Waals surface area contributed by atoms with Crippen LogP contribution >= 0.6 is 0 Å². The van der Waals surface area contributed by atoms with Crippen molar-refractivity contribution in [2.24, 2.45) is 0 Å². The Bertz CT molecular complexity index is 662. The van der Waals surface area contributed by atoms with E-state index in [2.05, 4.69) is 0 Å². The fraction of sp³-hybridized carbons (Fsp3) is 0.529. The van der Waals surface area contributed by atoms with E-state index < -0.39 is 17.7 Å². The topological polar surface area (TPSA) is 67.6 Å². The molecular formula is C17H20F3N3O2. The van der Waals surface area contributed by atoms with Gasteiger partial charge in [0.25, 0.3) is 0 Å². The summed E-state index contributed by atoms with van der Waals surface area (Å²) in [6.07, 6.45) is -3.09. The van der Waals surface area contributed by atoms with Gasteiger partial charge in [-0.1, -0.05) is 6.92 Å². The van der Waals surface area contributed by atoms with Crippen molar-refractivity contribution in [3.05, 3.63) is 29.3 Å². The molecule has 25 heavy (non-hydrogen) atoms. The fourth-order valence-electron chi connectivity index (χ4n) is 3.23. The molecule has 1 fully saturated rings. The fourth-order valence-corrected chi connectivity index (χ4v) is 3.23. The standard InChI is InChI=1S/C17H20F3N3O2/c1-2-22(11-16(24)25)13-5-7-23(8-6-13)14-3-4-15(17(18,19)20)12(9-14)10-21/h3-4,9,13H,2,5-8,11H2,1H3,(H,24,25). The SMILES string of the molecule is CCN(CC(=O)O)C1CCN(c2ccc(C(F)(F)F)c(C#N)c2)CC1. The smallest absolute Gasteiger partial charge is 0.417 e. The monoisotopic (exact) mass is 355 g/mol. The highest BCUT2D eigenvalue weighted by atomic mass is 19.4. The van der Waals surface area contributed by atoms with Crippen molar-refractivity contribution >= 4 is 11.7 Å². The lowest BCUT2D eigenvalue weighted by Gasteiger charge is -2.38. The summed E-state index contributed by atoms with van der Waals surface area (Å²) in [5, 5.41) is 18.0. The zero-order valence-electron chi connectivity index (χ0n) is 13.9. The molecule has 0 saturated carbocycles. The lowest BCUT2D eigenvalue weighted by atomic mass is 10.0. The molecule has 0 unspecified atom stereocenters. The third kappa shape index (κ3) is 4.63. The summed E-state index contributed by atoms with van der Waals surface area (Å²) in [4.78, 5) is 14.7. The molecule has 1 saturated heterocycles. The lowest BCUT2D eigenvalue weighted by Crippen LogP contribution is -2.46. The maximum absolute atomic E-state index is 12.9. The highest BCUT2D eigenvalue weighted by molar-refractivity contribution is 5.69. The van der Waals surface area contributed by atoms with Crippen LogP contribution < -0.4 is 4.90 Å². The summed E-state index contributed by atoms with van der Waals surface area (Å²) < 4.78 is 38.6. The number of anilines is 1. The van der Waals surface area contributed by atoms with Crippen LogP contribution in [0.15, 0.2) is 18.2 Å². The van der Waals surface area contributed by atoms with E-state index in [0.717, 1.165) is 18.9 Å². The molecule has 0 amide bonds. The van der Waals surface area contributed by atoms with Gasteiger partial charge in [-0.15, -0.1) is 0 Å². The Morgan fingerprint density at radius 2 is 2.04 bits per heavy atom. The molecule has 5 nitrogen and oxygen atoms in total. The number of nitriles is 1. The number of likely N-dealkylation sites (N-methyl/N-ethyl adjacent to an activating group) is 1. The van der Waals surface area contributed by atoms with Crippen LogP contribution in [0.2, 0.25) is 0 Å². The van der Waals surface area contributed by atoms with Crippen LogP contribution in [0.25, 0.3) is 0 Å². The normalized spacial score (nSPS) is 16.1. The van der Waals surface area contributed by atoms with Gasteiger partial charge in [0, 0.05) is 24.8 Å². The number of aliphatic carboxylic acids is 1. The van der Waals surface area contributed by atoms with Gasteiger partial charge < -0.3 is 10.0 Å². The second-order valence-electron chi connectivity index (χ2n) is 6.01. The molecule has 0 aliphatic carbocycles. The summed E-state index contributed by atoms with van der Waals surface area (Å²) >= 11 is 0. The number of piperidine rings is 1. The van der Waals surface area contributed by atoms with Crippen molar-refractivity contribution < 1.29 is 23.1 Å². The number of nitrogens with zero attached hydrogens (tertiary/aromatic N) is 3. The molecule has 1 N–H and O–H groups in total. The minimum Gasteiger partial charge on any atom is -0.480 e. The summed E-state index contributed by atoms with van der Waals surface area (Å²) in [5.41, 5.74) is -0.718. The third-order valence-electron chi connectivity index (χ3n) is 4.52. The Balaban J connectivity index is 2.08. The van der Waals surface area contributed by atoms with E-state index in [1.165, 1.54) is 12.1 Å². The van der Waals surface area contributed by atoms with Crippen LogP contribution in [0.1, 0.15) is 30.9 Å². The second kappa shape index (κ2) is 7.74. The van der Waals surface area contributed by atoms with Crippen LogP contribution in [-0.2, 0) is 11.0 Å². The lowest BCUT2D eigenvalue weighted by molar-refractivity contribution is -0.139. The van der Waals surface area contributed by atoms with E-state index in [-0.39, 0.29) is 18.2 Å². The number of rotatable bonds is 5. The molecule has 8 heteroatoms. The van der Waals surface area contributed by atoms with Crippen LogP contribution in [-0.4, -0.2) is 48.2 Å². The van der Waals surface area contributed by atoms with E-state index in [1.54, 1.807) is 6.07 Å². The van der Waals surface area contributed by atoms with Gasteiger partial charge in [-0.3, -0.25) is 9.69 Å². The first-order valence-electron chi connectivity index (χ1n) is 8.08. The van der Waals surface area contributed by atoms with Gasteiger partial charge >= 0.3 is 12.1 Å². The largest absolute Gasteiger partial charge is 0.480 e. The number of hydrogen-bond donors (Lipinski definition) is 1. The molecule has 0 atom stereocenters. The van der Waals surface area contributed by atoms with Gasteiger partial charge in [-0.2, -0.15) is 18.4 Å². The van der Waals surface area contributed by atoms with E-state index in [0.29, 0.717) is 25.3 Å². The zero-order chi connectivity index (χ0) is 18.6. The molecule has 1 heterocycles. The molecule has 2 rings (SSSR count). The van der Waals surface area contributed by atoms with Crippen molar-refractivity contribution in [3.63, 3.8) is 0 Å². The first kappa shape index (κ1) is 19.1. The Morgan fingerprint density at radius 3 is 2.52 bits per heavy atom. The average Bonchev–Trinajstić information content (AvgIpc) is 2.58. The third-order valence-corrected chi connectivity index (χ3v) is 4.52. The Labute approximate surface area is 144 Å². The Hall–Kier alpha value is -2.27. The van der Waals surface area contributed by atoms with Crippen LogP contribution in [0.3, 0.4) is 0 Å².